The van der Waals surface area contributed by atoms with Crippen LogP contribution in [0, 0.1) is 0 Å². The summed E-state index contributed by atoms with van der Waals surface area (Å²) < 4.78 is 4.93. The number of carboxylic acid groups (broad SMARTS) is 1. The van der Waals surface area contributed by atoms with Crippen molar-refractivity contribution >= 4 is 12.0 Å². The standard InChI is InChI=1S/C10H12N2O4/c1-16-7-4-2-6(3-5-7)8(9(13)14)12-10(11)15/h2-5,8H,1H3,(H,13,14)(H3,11,12,15). The number of carboxylic acids is 1. The summed E-state index contributed by atoms with van der Waals surface area (Å²) in [5.41, 5.74) is 5.31. The highest BCUT2D eigenvalue weighted by atomic mass is 16.5. The monoisotopic (exact) mass is 224 g/mol. The lowest BCUT2D eigenvalue weighted by Crippen LogP contribution is -2.37. The molecule has 6 nitrogen and oxygen atoms in total. The lowest BCUT2D eigenvalue weighted by Gasteiger charge is -2.13. The van der Waals surface area contributed by atoms with E-state index in [1.807, 2.05) is 0 Å². The van der Waals surface area contributed by atoms with Crippen LogP contribution in [0.2, 0.25) is 0 Å². The van der Waals surface area contributed by atoms with Gasteiger partial charge in [0.2, 0.25) is 0 Å². The Morgan fingerprint density at radius 3 is 2.31 bits per heavy atom. The summed E-state index contributed by atoms with van der Waals surface area (Å²) >= 11 is 0. The van der Waals surface area contributed by atoms with Gasteiger partial charge in [0.1, 0.15) is 5.75 Å². The quantitative estimate of drug-likeness (QED) is 0.692. The minimum absolute atomic E-state index is 0.423. The molecule has 0 aliphatic rings. The number of urea groups is 1. The molecule has 1 aromatic carbocycles. The molecule has 1 rings (SSSR count). The Morgan fingerprint density at radius 2 is 1.94 bits per heavy atom. The molecule has 0 spiro atoms. The number of primary amides is 1. The van der Waals surface area contributed by atoms with Gasteiger partial charge in [-0.1, -0.05) is 12.1 Å². The number of ether oxygens (including phenoxy) is 1. The number of methoxy groups -OCH3 is 1. The van der Waals surface area contributed by atoms with Gasteiger partial charge in [-0.15, -0.1) is 0 Å². The fraction of sp³-hybridized carbons (Fsp3) is 0.200. The summed E-state index contributed by atoms with van der Waals surface area (Å²) in [6.07, 6.45) is 0. The molecular weight excluding hydrogens is 212 g/mol. The molecule has 0 aliphatic carbocycles. The second-order valence-electron chi connectivity index (χ2n) is 3.05. The Kier molecular flexibility index (Phi) is 3.71. The number of nitrogens with one attached hydrogen (secondary N) is 1. The highest BCUT2D eigenvalue weighted by molar-refractivity contribution is 5.82. The van der Waals surface area contributed by atoms with E-state index in [-0.39, 0.29) is 0 Å². The van der Waals surface area contributed by atoms with Crippen LogP contribution < -0.4 is 15.8 Å². The fourth-order valence-corrected chi connectivity index (χ4v) is 1.23. The van der Waals surface area contributed by atoms with Gasteiger partial charge in [-0.05, 0) is 17.7 Å². The number of aliphatic carboxylic acids is 1. The topological polar surface area (TPSA) is 102 Å². The van der Waals surface area contributed by atoms with Crippen LogP contribution in [0.1, 0.15) is 11.6 Å². The Labute approximate surface area is 92.0 Å². The highest BCUT2D eigenvalue weighted by Crippen LogP contribution is 2.17. The molecule has 0 aromatic heterocycles. The largest absolute Gasteiger partial charge is 0.497 e. The minimum Gasteiger partial charge on any atom is -0.497 e. The van der Waals surface area contributed by atoms with E-state index in [1.165, 1.54) is 7.11 Å². The van der Waals surface area contributed by atoms with Crippen molar-refractivity contribution in [2.45, 2.75) is 6.04 Å². The van der Waals surface area contributed by atoms with E-state index < -0.39 is 18.0 Å². The first-order valence-corrected chi connectivity index (χ1v) is 4.47. The molecule has 1 unspecified atom stereocenters. The molecule has 0 saturated heterocycles. The summed E-state index contributed by atoms with van der Waals surface area (Å²) in [6, 6.07) is 4.27. The second-order valence-corrected chi connectivity index (χ2v) is 3.05. The normalized spacial score (nSPS) is 11.6. The van der Waals surface area contributed by atoms with E-state index in [0.717, 1.165) is 0 Å². The molecule has 0 bridgehead atoms. The number of nitrogens with two attached hydrogens (primary N) is 1. The van der Waals surface area contributed by atoms with Gasteiger partial charge >= 0.3 is 12.0 Å². The van der Waals surface area contributed by atoms with Gasteiger partial charge in [0, 0.05) is 0 Å². The number of carbonyl (C=O) groups excluding carboxylic acids is 1. The van der Waals surface area contributed by atoms with Crippen molar-refractivity contribution in [3.05, 3.63) is 29.8 Å². The first-order valence-electron chi connectivity index (χ1n) is 4.47. The maximum atomic E-state index is 10.9. The SMILES string of the molecule is COc1ccc(C(NC(N)=O)C(=O)O)cc1. The molecule has 1 atom stereocenters. The number of hydrogen-bond donors (Lipinski definition) is 3. The summed E-state index contributed by atoms with van der Waals surface area (Å²) in [7, 11) is 1.51. The smallest absolute Gasteiger partial charge is 0.330 e. The zero-order chi connectivity index (χ0) is 12.1. The third kappa shape index (κ3) is 2.88. The van der Waals surface area contributed by atoms with Crippen LogP contribution in [0.15, 0.2) is 24.3 Å². The van der Waals surface area contributed by atoms with E-state index >= 15 is 0 Å². The van der Waals surface area contributed by atoms with Crippen LogP contribution in [-0.4, -0.2) is 24.2 Å². The highest BCUT2D eigenvalue weighted by Gasteiger charge is 2.20. The van der Waals surface area contributed by atoms with Crippen molar-refractivity contribution in [3.8, 4) is 5.75 Å². The predicted octanol–water partition coefficient (Wildman–Crippen LogP) is 0.489. The van der Waals surface area contributed by atoms with Crippen LogP contribution in [0.5, 0.6) is 5.75 Å². The van der Waals surface area contributed by atoms with Crippen molar-refractivity contribution in [1.82, 2.24) is 5.32 Å². The summed E-state index contributed by atoms with van der Waals surface area (Å²) in [5.74, 6) is -0.573. The van der Waals surface area contributed by atoms with Crippen molar-refractivity contribution in [2.75, 3.05) is 7.11 Å². The number of hydrogen-bond acceptors (Lipinski definition) is 3. The third-order valence-electron chi connectivity index (χ3n) is 1.98. The van der Waals surface area contributed by atoms with Crippen LogP contribution >= 0.6 is 0 Å². The fourth-order valence-electron chi connectivity index (χ4n) is 1.23. The molecule has 0 saturated carbocycles. The Morgan fingerprint density at radius 1 is 1.38 bits per heavy atom. The molecule has 2 amide bonds. The molecule has 6 heteroatoms. The molecule has 86 valence electrons. The van der Waals surface area contributed by atoms with Crippen molar-refractivity contribution < 1.29 is 19.4 Å². The number of amides is 2. The predicted molar refractivity (Wildman–Crippen MR) is 56.1 cm³/mol. The van der Waals surface area contributed by atoms with Gasteiger partial charge in [0.25, 0.3) is 0 Å². The van der Waals surface area contributed by atoms with Crippen molar-refractivity contribution in [2.24, 2.45) is 5.73 Å². The maximum Gasteiger partial charge on any atom is 0.330 e. The maximum absolute atomic E-state index is 10.9. The third-order valence-corrected chi connectivity index (χ3v) is 1.98. The van der Waals surface area contributed by atoms with E-state index in [9.17, 15) is 9.59 Å². The number of rotatable bonds is 4. The summed E-state index contributed by atoms with van der Waals surface area (Å²) in [4.78, 5) is 21.5. The number of benzene rings is 1. The summed E-state index contributed by atoms with van der Waals surface area (Å²) in [6.45, 7) is 0. The molecule has 0 heterocycles. The Balaban J connectivity index is 2.92. The first kappa shape index (κ1) is 11.8. The molecular formula is C10H12N2O4. The zero-order valence-corrected chi connectivity index (χ0v) is 8.64. The Bertz CT molecular complexity index is 388. The lowest BCUT2D eigenvalue weighted by molar-refractivity contribution is -0.139. The van der Waals surface area contributed by atoms with Crippen LogP contribution in [-0.2, 0) is 4.79 Å². The number of carbonyl (C=O) groups is 2. The Hall–Kier alpha value is -2.24. The average Bonchev–Trinajstić information content (AvgIpc) is 2.25. The van der Waals surface area contributed by atoms with Gasteiger partial charge in [0.05, 0.1) is 7.11 Å². The molecule has 0 radical (unpaired) electrons. The lowest BCUT2D eigenvalue weighted by atomic mass is 10.1. The van der Waals surface area contributed by atoms with E-state index in [4.69, 9.17) is 15.6 Å². The second kappa shape index (κ2) is 5.01. The van der Waals surface area contributed by atoms with Gasteiger partial charge < -0.3 is 20.9 Å². The van der Waals surface area contributed by atoms with Gasteiger partial charge in [-0.3, -0.25) is 0 Å². The van der Waals surface area contributed by atoms with Crippen LogP contribution in [0.25, 0.3) is 0 Å². The van der Waals surface area contributed by atoms with Crippen molar-refractivity contribution in [3.63, 3.8) is 0 Å². The first-order chi connectivity index (χ1) is 7.54. The van der Waals surface area contributed by atoms with E-state index in [0.29, 0.717) is 11.3 Å². The van der Waals surface area contributed by atoms with E-state index in [1.54, 1.807) is 24.3 Å². The van der Waals surface area contributed by atoms with Gasteiger partial charge in [-0.25, -0.2) is 9.59 Å². The summed E-state index contributed by atoms with van der Waals surface area (Å²) in [5, 5.41) is 11.0. The molecule has 1 aromatic rings. The van der Waals surface area contributed by atoms with Crippen LogP contribution in [0.3, 0.4) is 0 Å². The molecule has 0 fully saturated rings. The zero-order valence-electron chi connectivity index (χ0n) is 8.64. The van der Waals surface area contributed by atoms with Crippen molar-refractivity contribution in [1.29, 1.82) is 0 Å². The van der Waals surface area contributed by atoms with Crippen LogP contribution in [0.4, 0.5) is 4.79 Å². The molecule has 0 aliphatic heterocycles. The minimum atomic E-state index is -1.18. The van der Waals surface area contributed by atoms with E-state index in [2.05, 4.69) is 5.32 Å². The van der Waals surface area contributed by atoms with Gasteiger partial charge in [0.15, 0.2) is 6.04 Å². The molecule has 4 N–H and O–H groups in total. The van der Waals surface area contributed by atoms with Gasteiger partial charge in [-0.2, -0.15) is 0 Å². The average molecular weight is 224 g/mol. The molecule has 16 heavy (non-hydrogen) atoms.